The minimum atomic E-state index is -0.202. The quantitative estimate of drug-likeness (QED) is 0.775. The standard InChI is InChI=1S/C13H25FN2/c1-10(2)7-12-8-15-13(11-3-4-11)9-16(12)6-5-14/h10-13,15H,3-9H2,1-2H3. The molecule has 1 aliphatic carbocycles. The fourth-order valence-electron chi connectivity index (χ4n) is 2.86. The summed E-state index contributed by atoms with van der Waals surface area (Å²) in [5.41, 5.74) is 0. The topological polar surface area (TPSA) is 15.3 Å². The number of nitrogens with zero attached hydrogens (tertiary/aromatic N) is 1. The zero-order chi connectivity index (χ0) is 11.5. The van der Waals surface area contributed by atoms with E-state index in [1.807, 2.05) is 0 Å². The van der Waals surface area contributed by atoms with Crippen LogP contribution in [0.4, 0.5) is 4.39 Å². The third kappa shape index (κ3) is 3.17. The van der Waals surface area contributed by atoms with Gasteiger partial charge in [0.25, 0.3) is 0 Å². The monoisotopic (exact) mass is 228 g/mol. The van der Waals surface area contributed by atoms with E-state index < -0.39 is 0 Å². The molecular weight excluding hydrogens is 203 g/mol. The van der Waals surface area contributed by atoms with Crippen molar-refractivity contribution in [3.8, 4) is 0 Å². The lowest BCUT2D eigenvalue weighted by atomic mass is 9.98. The number of nitrogens with one attached hydrogen (secondary N) is 1. The van der Waals surface area contributed by atoms with Gasteiger partial charge in [-0.1, -0.05) is 13.8 Å². The zero-order valence-electron chi connectivity index (χ0n) is 10.6. The average Bonchev–Trinajstić information content (AvgIpc) is 3.03. The van der Waals surface area contributed by atoms with Crippen LogP contribution in [0.25, 0.3) is 0 Å². The number of alkyl halides is 1. The van der Waals surface area contributed by atoms with Gasteiger partial charge in [-0.15, -0.1) is 0 Å². The first-order valence-corrected chi connectivity index (χ1v) is 6.74. The number of hydrogen-bond acceptors (Lipinski definition) is 2. The first-order chi connectivity index (χ1) is 7.70. The molecule has 0 bridgehead atoms. The van der Waals surface area contributed by atoms with E-state index in [0.29, 0.717) is 24.5 Å². The van der Waals surface area contributed by atoms with Crippen LogP contribution in [0.5, 0.6) is 0 Å². The lowest BCUT2D eigenvalue weighted by Crippen LogP contribution is -2.57. The van der Waals surface area contributed by atoms with E-state index in [9.17, 15) is 4.39 Å². The van der Waals surface area contributed by atoms with Gasteiger partial charge in [0.1, 0.15) is 6.67 Å². The summed E-state index contributed by atoms with van der Waals surface area (Å²) in [6, 6.07) is 1.18. The molecule has 2 nitrogen and oxygen atoms in total. The molecule has 3 heteroatoms. The van der Waals surface area contributed by atoms with Gasteiger partial charge in [0, 0.05) is 31.7 Å². The summed E-state index contributed by atoms with van der Waals surface area (Å²) in [5.74, 6) is 1.58. The lowest BCUT2D eigenvalue weighted by Gasteiger charge is -2.41. The first kappa shape index (κ1) is 12.3. The third-order valence-electron chi connectivity index (χ3n) is 3.87. The molecule has 1 N–H and O–H groups in total. The van der Waals surface area contributed by atoms with E-state index in [2.05, 4.69) is 24.1 Å². The van der Waals surface area contributed by atoms with Gasteiger partial charge >= 0.3 is 0 Å². The molecule has 1 aliphatic heterocycles. The van der Waals surface area contributed by atoms with E-state index in [0.717, 1.165) is 19.0 Å². The van der Waals surface area contributed by atoms with E-state index in [4.69, 9.17) is 0 Å². The van der Waals surface area contributed by atoms with Crippen LogP contribution in [0.1, 0.15) is 33.1 Å². The van der Waals surface area contributed by atoms with Crippen molar-refractivity contribution in [1.82, 2.24) is 10.2 Å². The van der Waals surface area contributed by atoms with Crippen LogP contribution < -0.4 is 5.32 Å². The lowest BCUT2D eigenvalue weighted by molar-refractivity contribution is 0.1000. The number of halogens is 1. The Bertz CT molecular complexity index is 216. The van der Waals surface area contributed by atoms with Crippen LogP contribution in [-0.2, 0) is 0 Å². The molecule has 2 atom stereocenters. The summed E-state index contributed by atoms with van der Waals surface area (Å²) in [6.07, 6.45) is 3.93. The maximum absolute atomic E-state index is 12.6. The Morgan fingerprint density at radius 1 is 1.38 bits per heavy atom. The molecule has 2 aliphatic rings. The van der Waals surface area contributed by atoms with Gasteiger partial charge in [0.2, 0.25) is 0 Å². The molecule has 16 heavy (non-hydrogen) atoms. The molecule has 2 fully saturated rings. The Morgan fingerprint density at radius 2 is 2.12 bits per heavy atom. The summed E-state index contributed by atoms with van der Waals surface area (Å²) in [6.45, 7) is 7.04. The smallest absolute Gasteiger partial charge is 0.102 e. The predicted octanol–water partition coefficient (Wildman–Crippen LogP) is 2.05. The van der Waals surface area contributed by atoms with Crippen LogP contribution in [0, 0.1) is 11.8 Å². The van der Waals surface area contributed by atoms with Crippen LogP contribution in [0.2, 0.25) is 0 Å². The minimum absolute atomic E-state index is 0.202. The first-order valence-electron chi connectivity index (χ1n) is 6.74. The molecule has 2 unspecified atom stereocenters. The highest BCUT2D eigenvalue weighted by molar-refractivity contribution is 4.94. The summed E-state index contributed by atoms with van der Waals surface area (Å²) in [4.78, 5) is 2.37. The highest BCUT2D eigenvalue weighted by atomic mass is 19.1. The number of hydrogen-bond donors (Lipinski definition) is 1. The highest BCUT2D eigenvalue weighted by Crippen LogP contribution is 2.34. The second kappa shape index (κ2) is 5.46. The SMILES string of the molecule is CC(C)CC1CNC(C2CC2)CN1CCF. The van der Waals surface area contributed by atoms with Crippen LogP contribution in [-0.4, -0.2) is 43.3 Å². The Kier molecular flexibility index (Phi) is 4.20. The van der Waals surface area contributed by atoms with E-state index in [-0.39, 0.29) is 6.67 Å². The molecular formula is C13H25FN2. The van der Waals surface area contributed by atoms with E-state index in [1.54, 1.807) is 0 Å². The zero-order valence-corrected chi connectivity index (χ0v) is 10.6. The Morgan fingerprint density at radius 3 is 2.69 bits per heavy atom. The van der Waals surface area contributed by atoms with Crippen molar-refractivity contribution in [2.24, 2.45) is 11.8 Å². The Balaban J connectivity index is 1.87. The van der Waals surface area contributed by atoms with Crippen molar-refractivity contribution in [3.05, 3.63) is 0 Å². The van der Waals surface area contributed by atoms with Crippen LogP contribution in [0.3, 0.4) is 0 Å². The second-order valence-corrected chi connectivity index (χ2v) is 5.82. The Hall–Kier alpha value is -0.150. The van der Waals surface area contributed by atoms with Crippen molar-refractivity contribution in [2.45, 2.75) is 45.2 Å². The van der Waals surface area contributed by atoms with Crippen molar-refractivity contribution < 1.29 is 4.39 Å². The van der Waals surface area contributed by atoms with Gasteiger partial charge in [-0.2, -0.15) is 0 Å². The summed E-state index contributed by atoms with van der Waals surface area (Å²) in [5, 5.41) is 3.66. The largest absolute Gasteiger partial charge is 0.311 e. The van der Waals surface area contributed by atoms with Gasteiger partial charge in [-0.25, -0.2) is 4.39 Å². The van der Waals surface area contributed by atoms with Crippen molar-refractivity contribution in [2.75, 3.05) is 26.3 Å². The number of rotatable bonds is 5. The van der Waals surface area contributed by atoms with E-state index >= 15 is 0 Å². The molecule has 0 aromatic carbocycles. The van der Waals surface area contributed by atoms with Crippen molar-refractivity contribution >= 4 is 0 Å². The average molecular weight is 228 g/mol. The van der Waals surface area contributed by atoms with Gasteiger partial charge in [0.05, 0.1) is 0 Å². The molecule has 94 valence electrons. The molecule has 1 heterocycles. The molecule has 0 aromatic heterocycles. The maximum atomic E-state index is 12.6. The maximum Gasteiger partial charge on any atom is 0.102 e. The van der Waals surface area contributed by atoms with E-state index in [1.165, 1.54) is 19.3 Å². The summed E-state index contributed by atoms with van der Waals surface area (Å²) >= 11 is 0. The normalized spacial score (nSPS) is 32.2. The van der Waals surface area contributed by atoms with Crippen molar-refractivity contribution in [3.63, 3.8) is 0 Å². The van der Waals surface area contributed by atoms with Crippen LogP contribution in [0.15, 0.2) is 0 Å². The summed E-state index contributed by atoms with van der Waals surface area (Å²) < 4.78 is 12.6. The number of piperazine rings is 1. The fourth-order valence-corrected chi connectivity index (χ4v) is 2.86. The minimum Gasteiger partial charge on any atom is -0.311 e. The van der Waals surface area contributed by atoms with Gasteiger partial charge in [-0.3, -0.25) is 4.90 Å². The molecule has 0 spiro atoms. The highest BCUT2D eigenvalue weighted by Gasteiger charge is 2.36. The van der Waals surface area contributed by atoms with Gasteiger partial charge < -0.3 is 5.32 Å². The predicted molar refractivity (Wildman–Crippen MR) is 65.3 cm³/mol. The van der Waals surface area contributed by atoms with Crippen molar-refractivity contribution in [1.29, 1.82) is 0 Å². The Labute approximate surface area is 98.6 Å². The third-order valence-corrected chi connectivity index (χ3v) is 3.87. The summed E-state index contributed by atoms with van der Waals surface area (Å²) in [7, 11) is 0. The molecule has 1 saturated heterocycles. The molecule has 0 aromatic rings. The van der Waals surface area contributed by atoms with Gasteiger partial charge in [0.15, 0.2) is 0 Å². The van der Waals surface area contributed by atoms with Crippen LogP contribution >= 0.6 is 0 Å². The fraction of sp³-hybridized carbons (Fsp3) is 1.00. The molecule has 2 rings (SSSR count). The molecule has 0 radical (unpaired) electrons. The molecule has 1 saturated carbocycles. The molecule has 0 amide bonds. The second-order valence-electron chi connectivity index (χ2n) is 5.82. The van der Waals surface area contributed by atoms with Gasteiger partial charge in [-0.05, 0) is 31.1 Å².